The maximum Gasteiger partial charge on any atom is 0.416 e. The van der Waals surface area contributed by atoms with Crippen LogP contribution in [0.3, 0.4) is 0 Å². The highest BCUT2D eigenvalue weighted by atomic mass is 32.1. The summed E-state index contributed by atoms with van der Waals surface area (Å²) in [4.78, 5) is 14.3. The van der Waals surface area contributed by atoms with Gasteiger partial charge in [-0.2, -0.15) is 18.3 Å². The van der Waals surface area contributed by atoms with E-state index in [0.717, 1.165) is 42.3 Å². The second-order valence-corrected chi connectivity index (χ2v) is 11.2. The molecule has 11 heteroatoms. The molecule has 0 bridgehead atoms. The van der Waals surface area contributed by atoms with Gasteiger partial charge in [-0.3, -0.25) is 4.68 Å². The summed E-state index contributed by atoms with van der Waals surface area (Å²) in [6.07, 6.45) is 4.80. The summed E-state index contributed by atoms with van der Waals surface area (Å²) in [5, 5.41) is 5.40. The number of alkyl halides is 3. The van der Waals surface area contributed by atoms with Crippen LogP contribution < -0.4 is 0 Å². The highest BCUT2D eigenvalue weighted by Gasteiger charge is 2.34. The number of fused-ring (bicyclic) bond motifs is 1. The standard InChI is InChI=1S/C26H23F4N5OS/c27-19-10-16(26(28,29)30)3-6-18(19)21-22-24(34-25(37-22)13-1-2-13)33-23(32-21)14-7-8-36-20(9-14)15-11-31-35(12-15)17-4-5-17/h3,6,10-14,17,20H,1-2,4-5,7-9H2/t14-,20-/m1/s1. The Morgan fingerprint density at radius 1 is 1.00 bits per heavy atom. The molecule has 3 aliphatic rings. The van der Waals surface area contributed by atoms with Gasteiger partial charge in [-0.15, -0.1) is 11.3 Å². The highest BCUT2D eigenvalue weighted by molar-refractivity contribution is 7.19. The fraction of sp³-hybridized carbons (Fsp3) is 0.462. The second kappa shape index (κ2) is 8.56. The van der Waals surface area contributed by atoms with Crippen LogP contribution in [0.2, 0.25) is 0 Å². The SMILES string of the molecule is Fc1cc(C(F)(F)F)ccc1-c1nc([C@@H]2CCO[C@@H](c3cnn(C4CC4)c3)C2)nc2nc(C3CC3)sc12. The molecule has 0 unspecified atom stereocenters. The van der Waals surface area contributed by atoms with Crippen LogP contribution in [-0.4, -0.2) is 31.3 Å². The summed E-state index contributed by atoms with van der Waals surface area (Å²) in [6.45, 7) is 0.514. The summed E-state index contributed by atoms with van der Waals surface area (Å²) in [5.74, 6) is -0.130. The summed E-state index contributed by atoms with van der Waals surface area (Å²) in [7, 11) is 0. The normalized spacial score (nSPS) is 22.6. The Morgan fingerprint density at radius 3 is 2.57 bits per heavy atom. The number of halogens is 4. The van der Waals surface area contributed by atoms with Crippen molar-refractivity contribution in [2.24, 2.45) is 0 Å². The fourth-order valence-corrected chi connectivity index (χ4v) is 6.11. The van der Waals surface area contributed by atoms with E-state index in [4.69, 9.17) is 19.7 Å². The third-order valence-electron chi connectivity index (χ3n) is 7.33. The van der Waals surface area contributed by atoms with Gasteiger partial charge in [-0.25, -0.2) is 19.3 Å². The molecule has 0 spiro atoms. The van der Waals surface area contributed by atoms with Gasteiger partial charge in [0.1, 0.15) is 16.3 Å². The molecule has 192 valence electrons. The lowest BCUT2D eigenvalue weighted by molar-refractivity contribution is -0.137. The number of hydrogen-bond acceptors (Lipinski definition) is 6. The zero-order valence-corrected chi connectivity index (χ0v) is 20.5. The first-order chi connectivity index (χ1) is 17.8. The predicted octanol–water partition coefficient (Wildman–Crippen LogP) is 6.96. The first-order valence-corrected chi connectivity index (χ1v) is 13.4. The van der Waals surface area contributed by atoms with Crippen molar-refractivity contribution in [3.05, 3.63) is 58.4 Å². The number of nitrogens with zero attached hydrogens (tertiary/aromatic N) is 5. The van der Waals surface area contributed by atoms with Crippen LogP contribution in [0.15, 0.2) is 30.6 Å². The van der Waals surface area contributed by atoms with Gasteiger partial charge < -0.3 is 4.74 Å². The summed E-state index contributed by atoms with van der Waals surface area (Å²) in [6, 6.07) is 3.08. The quantitative estimate of drug-likeness (QED) is 0.262. The average Bonchev–Trinajstić information content (AvgIpc) is 3.82. The third-order valence-corrected chi connectivity index (χ3v) is 8.54. The van der Waals surface area contributed by atoms with Crippen molar-refractivity contribution in [1.29, 1.82) is 0 Å². The third kappa shape index (κ3) is 4.41. The van der Waals surface area contributed by atoms with E-state index in [1.807, 2.05) is 17.1 Å². The molecule has 1 aliphatic heterocycles. The molecular formula is C26H23F4N5OS. The minimum absolute atomic E-state index is 0.0296. The number of aromatic nitrogens is 5. The van der Waals surface area contributed by atoms with Crippen LogP contribution in [0.25, 0.3) is 21.6 Å². The monoisotopic (exact) mass is 529 g/mol. The van der Waals surface area contributed by atoms with Crippen molar-refractivity contribution < 1.29 is 22.3 Å². The van der Waals surface area contributed by atoms with Crippen LogP contribution in [0, 0.1) is 5.82 Å². The predicted molar refractivity (Wildman–Crippen MR) is 129 cm³/mol. The molecule has 2 atom stereocenters. The number of thiazole rings is 1. The summed E-state index contributed by atoms with van der Waals surface area (Å²) >= 11 is 1.41. The van der Waals surface area contributed by atoms with Gasteiger partial charge in [-0.05, 0) is 56.7 Å². The Morgan fingerprint density at radius 2 is 1.84 bits per heavy atom. The van der Waals surface area contributed by atoms with E-state index in [9.17, 15) is 13.2 Å². The van der Waals surface area contributed by atoms with Crippen LogP contribution in [0.1, 0.15) is 84.5 Å². The van der Waals surface area contributed by atoms with Crippen LogP contribution in [0.4, 0.5) is 17.6 Å². The molecule has 0 amide bonds. The molecule has 2 aliphatic carbocycles. The van der Waals surface area contributed by atoms with E-state index in [0.29, 0.717) is 59.3 Å². The van der Waals surface area contributed by atoms with E-state index in [1.165, 1.54) is 17.4 Å². The zero-order chi connectivity index (χ0) is 25.3. The molecule has 4 aromatic rings. The van der Waals surface area contributed by atoms with Crippen molar-refractivity contribution in [2.45, 2.75) is 68.7 Å². The van der Waals surface area contributed by atoms with Gasteiger partial charge in [0.15, 0.2) is 5.65 Å². The molecule has 1 aromatic carbocycles. The zero-order valence-electron chi connectivity index (χ0n) is 19.7. The number of ether oxygens (including phenoxy) is 1. The first kappa shape index (κ1) is 23.2. The van der Waals surface area contributed by atoms with Gasteiger partial charge in [0.2, 0.25) is 0 Å². The Kier molecular flexibility index (Phi) is 5.37. The highest BCUT2D eigenvalue weighted by Crippen LogP contribution is 2.46. The minimum Gasteiger partial charge on any atom is -0.373 e. The first-order valence-electron chi connectivity index (χ1n) is 12.5. The van der Waals surface area contributed by atoms with Crippen molar-refractivity contribution in [3.8, 4) is 11.3 Å². The Hall–Kier alpha value is -2.92. The molecule has 2 saturated carbocycles. The van der Waals surface area contributed by atoms with Gasteiger partial charge in [-0.1, -0.05) is 0 Å². The molecule has 3 fully saturated rings. The van der Waals surface area contributed by atoms with Crippen molar-refractivity contribution in [3.63, 3.8) is 0 Å². The minimum atomic E-state index is -4.63. The molecular weight excluding hydrogens is 506 g/mol. The van der Waals surface area contributed by atoms with Gasteiger partial charge in [0.25, 0.3) is 0 Å². The Labute approximate surface area is 213 Å². The molecule has 0 radical (unpaired) electrons. The summed E-state index contributed by atoms with van der Waals surface area (Å²) < 4.78 is 63.3. The fourth-order valence-electron chi connectivity index (χ4n) is 4.93. The van der Waals surface area contributed by atoms with E-state index in [1.54, 1.807) is 0 Å². The number of benzene rings is 1. The van der Waals surface area contributed by atoms with E-state index in [2.05, 4.69) is 5.10 Å². The maximum absolute atomic E-state index is 15.1. The smallest absolute Gasteiger partial charge is 0.373 e. The summed E-state index contributed by atoms with van der Waals surface area (Å²) in [5.41, 5.74) is 0.801. The topological polar surface area (TPSA) is 65.7 Å². The van der Waals surface area contributed by atoms with Crippen molar-refractivity contribution in [1.82, 2.24) is 24.7 Å². The molecule has 3 aromatic heterocycles. The largest absolute Gasteiger partial charge is 0.416 e. The van der Waals surface area contributed by atoms with Gasteiger partial charge in [0.05, 0.1) is 34.6 Å². The van der Waals surface area contributed by atoms with Crippen molar-refractivity contribution in [2.75, 3.05) is 6.61 Å². The molecule has 6 nitrogen and oxygen atoms in total. The molecule has 7 rings (SSSR count). The van der Waals surface area contributed by atoms with Gasteiger partial charge >= 0.3 is 6.18 Å². The lowest BCUT2D eigenvalue weighted by atomic mass is 9.92. The van der Waals surface area contributed by atoms with Gasteiger partial charge in [0, 0.05) is 35.8 Å². The van der Waals surface area contributed by atoms with Crippen molar-refractivity contribution >= 4 is 21.7 Å². The van der Waals surface area contributed by atoms with Crippen LogP contribution in [0.5, 0.6) is 0 Å². The van der Waals surface area contributed by atoms with Crippen LogP contribution in [-0.2, 0) is 10.9 Å². The Balaban J connectivity index is 1.27. The number of hydrogen-bond donors (Lipinski definition) is 0. The average molecular weight is 530 g/mol. The lowest BCUT2D eigenvalue weighted by Crippen LogP contribution is -2.20. The van der Waals surface area contributed by atoms with E-state index in [-0.39, 0.29) is 17.6 Å². The molecule has 4 heterocycles. The molecule has 0 N–H and O–H groups in total. The second-order valence-electron chi connectivity index (χ2n) is 10.2. The molecule has 37 heavy (non-hydrogen) atoms. The number of rotatable bonds is 5. The lowest BCUT2D eigenvalue weighted by Gasteiger charge is -2.28. The molecule has 1 saturated heterocycles. The van der Waals surface area contributed by atoms with E-state index >= 15 is 4.39 Å². The Bertz CT molecular complexity index is 1490. The van der Waals surface area contributed by atoms with Crippen LogP contribution >= 0.6 is 11.3 Å². The van der Waals surface area contributed by atoms with E-state index < -0.39 is 17.6 Å². The maximum atomic E-state index is 15.1.